The van der Waals surface area contributed by atoms with Gasteiger partial charge in [-0.15, -0.1) is 0 Å². The van der Waals surface area contributed by atoms with Gasteiger partial charge in [-0.1, -0.05) is 18.2 Å². The summed E-state index contributed by atoms with van der Waals surface area (Å²) in [5.41, 5.74) is 8.88. The molecular formula is C19H19N7. The highest BCUT2D eigenvalue weighted by Gasteiger charge is 2.04. The fourth-order valence-electron chi connectivity index (χ4n) is 2.09. The summed E-state index contributed by atoms with van der Waals surface area (Å²) in [6.45, 7) is 3.78. The van der Waals surface area contributed by atoms with Gasteiger partial charge in [-0.05, 0) is 50.2 Å². The molecule has 0 fully saturated rings. The van der Waals surface area contributed by atoms with Crippen molar-refractivity contribution in [2.75, 3.05) is 10.9 Å². The molecule has 3 aromatic heterocycles. The number of nitrogens with one attached hydrogen (secondary N) is 2. The minimum Gasteiger partial charge on any atom is -0.261 e. The second-order valence-corrected chi connectivity index (χ2v) is 5.46. The van der Waals surface area contributed by atoms with Crippen LogP contribution >= 0.6 is 0 Å². The number of nitrogens with zero attached hydrogens (tertiary/aromatic N) is 5. The molecule has 0 saturated heterocycles. The average Bonchev–Trinajstić information content (AvgIpc) is 2.72. The van der Waals surface area contributed by atoms with Gasteiger partial charge in [-0.3, -0.25) is 10.9 Å². The summed E-state index contributed by atoms with van der Waals surface area (Å²) in [6, 6.07) is 16.9. The Kier molecular flexibility index (Phi) is 5.61. The summed E-state index contributed by atoms with van der Waals surface area (Å²) in [5.74, 6) is 1.36. The number of hydrogen-bond acceptors (Lipinski definition) is 7. The van der Waals surface area contributed by atoms with Crippen molar-refractivity contribution < 1.29 is 0 Å². The second kappa shape index (κ2) is 8.48. The largest absolute Gasteiger partial charge is 0.261 e. The van der Waals surface area contributed by atoms with E-state index in [1.54, 1.807) is 12.4 Å². The van der Waals surface area contributed by atoms with Crippen LogP contribution in [0.3, 0.4) is 0 Å². The van der Waals surface area contributed by atoms with E-state index in [-0.39, 0.29) is 0 Å². The summed E-state index contributed by atoms with van der Waals surface area (Å²) in [5, 5.41) is 8.67. The highest BCUT2D eigenvalue weighted by atomic mass is 15.3. The zero-order chi connectivity index (χ0) is 18.2. The fraction of sp³-hybridized carbons (Fsp3) is 0.105. The average molecular weight is 345 g/mol. The van der Waals surface area contributed by atoms with Crippen molar-refractivity contribution in [3.8, 4) is 0 Å². The van der Waals surface area contributed by atoms with E-state index >= 15 is 0 Å². The van der Waals surface area contributed by atoms with Crippen molar-refractivity contribution in [1.82, 2.24) is 15.0 Å². The van der Waals surface area contributed by atoms with Gasteiger partial charge >= 0.3 is 0 Å². The van der Waals surface area contributed by atoms with Crippen LogP contribution in [0.2, 0.25) is 0 Å². The van der Waals surface area contributed by atoms with E-state index in [0.29, 0.717) is 11.6 Å². The minimum atomic E-state index is 0.681. The first-order chi connectivity index (χ1) is 12.7. The number of aromatic nitrogens is 3. The summed E-state index contributed by atoms with van der Waals surface area (Å²) >= 11 is 0. The van der Waals surface area contributed by atoms with E-state index in [1.165, 1.54) is 0 Å². The van der Waals surface area contributed by atoms with Crippen molar-refractivity contribution >= 4 is 23.1 Å². The third-order valence-corrected chi connectivity index (χ3v) is 3.50. The molecule has 130 valence electrons. The molecular weight excluding hydrogens is 326 g/mol. The number of anilines is 2. The zero-order valence-corrected chi connectivity index (χ0v) is 14.6. The molecule has 26 heavy (non-hydrogen) atoms. The molecule has 0 aliphatic carbocycles. The Morgan fingerprint density at radius 1 is 0.692 bits per heavy atom. The van der Waals surface area contributed by atoms with Crippen molar-refractivity contribution in [3.63, 3.8) is 0 Å². The Morgan fingerprint density at radius 3 is 1.62 bits per heavy atom. The Bertz CT molecular complexity index is 833. The van der Waals surface area contributed by atoms with Crippen LogP contribution in [0.25, 0.3) is 0 Å². The standard InChI is InChI=1S/C19H19N7/c1-14(23-25-18-10-3-5-12-20-18)16-8-7-9-17(22-16)15(2)24-26-19-11-4-6-13-21-19/h3-13H,1-2H3,(H,20,25)(H,21,26)/b23-14+,24-15?. The molecule has 2 N–H and O–H groups in total. The first kappa shape index (κ1) is 17.2. The molecule has 7 nitrogen and oxygen atoms in total. The van der Waals surface area contributed by atoms with Crippen molar-refractivity contribution in [2.45, 2.75) is 13.8 Å². The second-order valence-electron chi connectivity index (χ2n) is 5.46. The van der Waals surface area contributed by atoms with E-state index in [0.717, 1.165) is 22.8 Å². The Labute approximate surface area is 151 Å². The lowest BCUT2D eigenvalue weighted by molar-refractivity contribution is 1.18. The SMILES string of the molecule is CC(=NNc1ccccn1)c1cccc(/C(C)=N/Nc2ccccn2)n1. The Hall–Kier alpha value is -3.61. The van der Waals surface area contributed by atoms with E-state index < -0.39 is 0 Å². The lowest BCUT2D eigenvalue weighted by Gasteiger charge is -2.06. The minimum absolute atomic E-state index is 0.681. The highest BCUT2D eigenvalue weighted by molar-refractivity contribution is 6.01. The molecule has 0 aromatic carbocycles. The van der Waals surface area contributed by atoms with Crippen LogP contribution in [0.15, 0.2) is 77.2 Å². The topological polar surface area (TPSA) is 87.5 Å². The molecule has 3 rings (SSSR count). The number of hydrazone groups is 2. The lowest BCUT2D eigenvalue weighted by atomic mass is 10.2. The zero-order valence-electron chi connectivity index (χ0n) is 14.6. The predicted molar refractivity (Wildman–Crippen MR) is 104 cm³/mol. The number of pyridine rings is 3. The maximum absolute atomic E-state index is 4.61. The Balaban J connectivity index is 1.72. The van der Waals surface area contributed by atoms with Crippen LogP contribution in [-0.2, 0) is 0 Å². The third-order valence-electron chi connectivity index (χ3n) is 3.50. The predicted octanol–water partition coefficient (Wildman–Crippen LogP) is 3.54. The first-order valence-electron chi connectivity index (χ1n) is 8.13. The van der Waals surface area contributed by atoms with Crippen LogP contribution < -0.4 is 10.9 Å². The monoisotopic (exact) mass is 345 g/mol. The fourth-order valence-corrected chi connectivity index (χ4v) is 2.09. The van der Waals surface area contributed by atoms with Crippen molar-refractivity contribution in [2.24, 2.45) is 10.2 Å². The summed E-state index contributed by atoms with van der Waals surface area (Å²) < 4.78 is 0. The van der Waals surface area contributed by atoms with Crippen LogP contribution in [0.5, 0.6) is 0 Å². The molecule has 0 aliphatic rings. The number of rotatable bonds is 6. The van der Waals surface area contributed by atoms with Gasteiger partial charge in [0.2, 0.25) is 0 Å². The van der Waals surface area contributed by atoms with Gasteiger partial charge < -0.3 is 0 Å². The van der Waals surface area contributed by atoms with Crippen LogP contribution in [0.1, 0.15) is 25.2 Å². The van der Waals surface area contributed by atoms with E-state index in [2.05, 4.69) is 36.0 Å². The number of hydrogen-bond donors (Lipinski definition) is 2. The van der Waals surface area contributed by atoms with Gasteiger partial charge in [0, 0.05) is 12.4 Å². The van der Waals surface area contributed by atoms with Crippen LogP contribution in [0.4, 0.5) is 11.6 Å². The van der Waals surface area contributed by atoms with Crippen LogP contribution in [-0.4, -0.2) is 26.4 Å². The van der Waals surface area contributed by atoms with E-state index in [1.807, 2.05) is 68.4 Å². The summed E-state index contributed by atoms with van der Waals surface area (Å²) in [6.07, 6.45) is 3.42. The van der Waals surface area contributed by atoms with Gasteiger partial charge in [0.1, 0.15) is 11.6 Å². The quantitative estimate of drug-likeness (QED) is 0.527. The van der Waals surface area contributed by atoms with Crippen molar-refractivity contribution in [3.05, 3.63) is 78.4 Å². The molecule has 0 amide bonds. The van der Waals surface area contributed by atoms with Gasteiger partial charge in [0.15, 0.2) is 0 Å². The van der Waals surface area contributed by atoms with E-state index in [9.17, 15) is 0 Å². The third kappa shape index (κ3) is 4.70. The normalized spacial score (nSPS) is 11.9. The molecule has 0 saturated carbocycles. The molecule has 0 radical (unpaired) electrons. The summed E-state index contributed by atoms with van der Waals surface area (Å²) in [4.78, 5) is 13.0. The maximum Gasteiger partial charge on any atom is 0.146 e. The van der Waals surface area contributed by atoms with Gasteiger partial charge in [-0.25, -0.2) is 15.0 Å². The molecule has 0 atom stereocenters. The lowest BCUT2D eigenvalue weighted by Crippen LogP contribution is -2.08. The molecule has 0 unspecified atom stereocenters. The van der Waals surface area contributed by atoms with Gasteiger partial charge in [-0.2, -0.15) is 10.2 Å². The summed E-state index contributed by atoms with van der Waals surface area (Å²) in [7, 11) is 0. The smallest absolute Gasteiger partial charge is 0.146 e. The van der Waals surface area contributed by atoms with Crippen molar-refractivity contribution in [1.29, 1.82) is 0 Å². The molecule has 3 heterocycles. The molecule has 3 aromatic rings. The maximum atomic E-state index is 4.61. The molecule has 0 aliphatic heterocycles. The van der Waals surface area contributed by atoms with Gasteiger partial charge in [0.05, 0.1) is 22.8 Å². The molecule has 0 spiro atoms. The first-order valence-corrected chi connectivity index (χ1v) is 8.13. The van der Waals surface area contributed by atoms with Gasteiger partial charge in [0.25, 0.3) is 0 Å². The molecule has 0 bridgehead atoms. The van der Waals surface area contributed by atoms with E-state index in [4.69, 9.17) is 0 Å². The Morgan fingerprint density at radius 2 is 1.19 bits per heavy atom. The highest BCUT2D eigenvalue weighted by Crippen LogP contribution is 2.06. The molecule has 7 heteroatoms. The van der Waals surface area contributed by atoms with Crippen LogP contribution in [0, 0.1) is 0 Å².